The predicted molar refractivity (Wildman–Crippen MR) is 61.5 cm³/mol. The first-order valence-corrected chi connectivity index (χ1v) is 4.99. The summed E-state index contributed by atoms with van der Waals surface area (Å²) in [6, 6.07) is 3.42. The van der Waals surface area contributed by atoms with E-state index >= 15 is 0 Å². The van der Waals surface area contributed by atoms with Crippen molar-refractivity contribution in [1.29, 1.82) is 0 Å². The lowest BCUT2D eigenvalue weighted by molar-refractivity contribution is -0.384. The van der Waals surface area contributed by atoms with Crippen LogP contribution in [0.5, 0.6) is 0 Å². The number of aliphatic hydroxyl groups is 1. The first kappa shape index (κ1) is 15.0. The van der Waals surface area contributed by atoms with Crippen LogP contribution < -0.4 is 16.6 Å². The lowest BCUT2D eigenvalue weighted by atomic mass is 10.2. The van der Waals surface area contributed by atoms with Crippen LogP contribution in [0.15, 0.2) is 18.2 Å². The van der Waals surface area contributed by atoms with Gasteiger partial charge in [0.15, 0.2) is 6.10 Å². The monoisotopic (exact) mass is 280 g/mol. The Morgan fingerprint density at radius 3 is 2.42 bits per heavy atom. The summed E-state index contributed by atoms with van der Waals surface area (Å²) in [5.41, 5.74) is 1.99. The fraction of sp³-hybridized carbons (Fsp3) is 0.333. The minimum atomic E-state index is -4.76. The zero-order valence-corrected chi connectivity index (χ0v) is 9.44. The molecule has 0 aliphatic heterocycles. The van der Waals surface area contributed by atoms with E-state index in [-0.39, 0.29) is 17.1 Å². The van der Waals surface area contributed by atoms with Crippen molar-refractivity contribution in [1.82, 2.24) is 0 Å². The molecule has 5 N–H and O–H groups in total. The highest BCUT2D eigenvalue weighted by Crippen LogP contribution is 2.25. The molecule has 7 nitrogen and oxygen atoms in total. The van der Waals surface area contributed by atoms with E-state index in [1.807, 2.05) is 0 Å². The molecule has 0 aliphatic rings. The molecular weight excluding hydrogens is 269 g/mol. The fourth-order valence-electron chi connectivity index (χ4n) is 1.23. The lowest BCUT2D eigenvalue weighted by Crippen LogP contribution is -2.35. The van der Waals surface area contributed by atoms with Crippen molar-refractivity contribution in [3.05, 3.63) is 28.3 Å². The second kappa shape index (κ2) is 5.71. The maximum Gasteiger partial charge on any atom is 0.416 e. The van der Waals surface area contributed by atoms with Gasteiger partial charge >= 0.3 is 6.18 Å². The summed E-state index contributed by atoms with van der Waals surface area (Å²) >= 11 is 0. The first-order valence-electron chi connectivity index (χ1n) is 4.99. The third-order valence-electron chi connectivity index (χ3n) is 2.17. The highest BCUT2D eigenvalue weighted by Gasteiger charge is 2.37. The molecule has 1 aromatic carbocycles. The van der Waals surface area contributed by atoms with E-state index in [1.54, 1.807) is 0 Å². The number of hydrogen-bond donors (Lipinski definition) is 4. The molecule has 1 atom stereocenters. The number of nitro benzene ring substituents is 1. The molecule has 0 amide bonds. The maximum absolute atomic E-state index is 12.1. The number of hydrazine groups is 1. The second-order valence-corrected chi connectivity index (χ2v) is 3.61. The smallest absolute Gasteiger partial charge is 0.382 e. The summed E-state index contributed by atoms with van der Waals surface area (Å²) in [6.07, 6.45) is -7.33. The van der Waals surface area contributed by atoms with Gasteiger partial charge in [-0.3, -0.25) is 16.0 Å². The third-order valence-corrected chi connectivity index (χ3v) is 2.17. The minimum absolute atomic E-state index is 0.0328. The Hall–Kier alpha value is -2.07. The lowest BCUT2D eigenvalue weighted by Gasteiger charge is -2.16. The van der Waals surface area contributed by atoms with Crippen LogP contribution in [0.25, 0.3) is 0 Å². The number of hydrogen-bond acceptors (Lipinski definition) is 6. The van der Waals surface area contributed by atoms with Gasteiger partial charge in [0, 0.05) is 24.4 Å². The largest absolute Gasteiger partial charge is 0.416 e. The van der Waals surface area contributed by atoms with Gasteiger partial charge in [0.1, 0.15) is 0 Å². The van der Waals surface area contributed by atoms with Crippen LogP contribution in [0.4, 0.5) is 30.2 Å². The highest BCUT2D eigenvalue weighted by atomic mass is 19.4. The van der Waals surface area contributed by atoms with E-state index in [0.29, 0.717) is 0 Å². The topological polar surface area (TPSA) is 113 Å². The molecule has 0 bridgehead atoms. The Morgan fingerprint density at radius 2 is 1.95 bits per heavy atom. The van der Waals surface area contributed by atoms with Gasteiger partial charge in [0.2, 0.25) is 0 Å². The number of nitro groups is 1. The molecule has 19 heavy (non-hydrogen) atoms. The average molecular weight is 280 g/mol. The van der Waals surface area contributed by atoms with Crippen LogP contribution in [0, 0.1) is 10.1 Å². The number of halogens is 3. The molecule has 106 valence electrons. The Kier molecular flexibility index (Phi) is 4.51. The van der Waals surface area contributed by atoms with Gasteiger partial charge in [-0.05, 0) is 6.07 Å². The molecule has 10 heteroatoms. The van der Waals surface area contributed by atoms with Crippen molar-refractivity contribution in [3.8, 4) is 0 Å². The molecule has 0 radical (unpaired) electrons. The van der Waals surface area contributed by atoms with Crippen LogP contribution >= 0.6 is 0 Å². The Balaban J connectivity index is 2.83. The zero-order chi connectivity index (χ0) is 14.6. The van der Waals surface area contributed by atoms with E-state index in [2.05, 4.69) is 10.7 Å². The number of nitrogens with zero attached hydrogens (tertiary/aromatic N) is 1. The van der Waals surface area contributed by atoms with Crippen LogP contribution in [0.3, 0.4) is 0 Å². The summed E-state index contributed by atoms with van der Waals surface area (Å²) in [4.78, 5) is 9.88. The molecule has 0 heterocycles. The van der Waals surface area contributed by atoms with Gasteiger partial charge < -0.3 is 15.8 Å². The van der Waals surface area contributed by atoms with Crippen molar-refractivity contribution in [3.63, 3.8) is 0 Å². The van der Waals surface area contributed by atoms with Crippen LogP contribution in [0.1, 0.15) is 0 Å². The summed E-state index contributed by atoms with van der Waals surface area (Å²) in [5.74, 6) is 5.08. The summed E-state index contributed by atoms with van der Waals surface area (Å²) < 4.78 is 36.2. The molecule has 0 aliphatic carbocycles. The fourth-order valence-corrected chi connectivity index (χ4v) is 1.23. The van der Waals surface area contributed by atoms with Crippen LogP contribution in [-0.4, -0.2) is 28.9 Å². The van der Waals surface area contributed by atoms with Crippen LogP contribution in [-0.2, 0) is 0 Å². The van der Waals surface area contributed by atoms with E-state index in [4.69, 9.17) is 10.9 Å². The highest BCUT2D eigenvalue weighted by molar-refractivity contribution is 5.63. The third kappa shape index (κ3) is 4.26. The number of benzene rings is 1. The van der Waals surface area contributed by atoms with E-state index in [1.165, 1.54) is 6.07 Å². The number of nitrogens with one attached hydrogen (secondary N) is 2. The van der Waals surface area contributed by atoms with E-state index in [9.17, 15) is 23.3 Å². The van der Waals surface area contributed by atoms with Gasteiger partial charge in [0.05, 0.1) is 10.6 Å². The summed E-state index contributed by atoms with van der Waals surface area (Å²) in [5, 5.41) is 21.6. The molecule has 1 aromatic rings. The standard InChI is InChI=1S/C9H11F3N4O3/c10-9(11,12)8(17)4-14-5-1-6(15-13)3-7(2-5)16(18)19/h1-3,8,14-15,17H,4,13H2. The van der Waals surface area contributed by atoms with Gasteiger partial charge in [-0.25, -0.2) is 0 Å². The number of nitrogen functional groups attached to an aromatic ring is 1. The number of non-ortho nitro benzene ring substituents is 1. The first-order chi connectivity index (χ1) is 8.74. The SMILES string of the molecule is NNc1cc(NCC(O)C(F)(F)F)cc([N+](=O)[O-])c1. The van der Waals surface area contributed by atoms with E-state index < -0.39 is 23.7 Å². The number of rotatable bonds is 5. The van der Waals surface area contributed by atoms with Gasteiger partial charge in [-0.1, -0.05) is 0 Å². The molecule has 1 rings (SSSR count). The molecule has 0 fully saturated rings. The Bertz CT molecular complexity index is 467. The molecule has 0 spiro atoms. The number of anilines is 2. The van der Waals surface area contributed by atoms with Crippen molar-refractivity contribution in [2.24, 2.45) is 5.84 Å². The summed E-state index contributed by atoms with van der Waals surface area (Å²) in [7, 11) is 0. The number of aliphatic hydroxyl groups excluding tert-OH is 1. The quantitative estimate of drug-likeness (QED) is 0.366. The minimum Gasteiger partial charge on any atom is -0.382 e. The molecule has 0 saturated carbocycles. The van der Waals surface area contributed by atoms with Gasteiger partial charge in [-0.2, -0.15) is 13.2 Å². The van der Waals surface area contributed by atoms with Gasteiger partial charge in [0.25, 0.3) is 5.69 Å². The Labute approximate surface area is 105 Å². The van der Waals surface area contributed by atoms with Crippen molar-refractivity contribution < 1.29 is 23.2 Å². The van der Waals surface area contributed by atoms with Crippen LogP contribution in [0.2, 0.25) is 0 Å². The van der Waals surface area contributed by atoms with Crippen molar-refractivity contribution >= 4 is 17.1 Å². The van der Waals surface area contributed by atoms with Crippen molar-refractivity contribution in [2.45, 2.75) is 12.3 Å². The average Bonchev–Trinajstić information content (AvgIpc) is 2.34. The normalized spacial score (nSPS) is 12.9. The Morgan fingerprint density at radius 1 is 1.37 bits per heavy atom. The number of nitrogens with two attached hydrogens (primary N) is 1. The molecule has 1 unspecified atom stereocenters. The second-order valence-electron chi connectivity index (χ2n) is 3.61. The summed E-state index contributed by atoms with van der Waals surface area (Å²) in [6.45, 7) is -0.825. The maximum atomic E-state index is 12.1. The van der Waals surface area contributed by atoms with E-state index in [0.717, 1.165) is 12.1 Å². The van der Waals surface area contributed by atoms with Gasteiger partial charge in [-0.15, -0.1) is 0 Å². The molecular formula is C9H11F3N4O3. The molecule has 0 aromatic heterocycles. The zero-order valence-electron chi connectivity index (χ0n) is 9.44. The van der Waals surface area contributed by atoms with Crippen molar-refractivity contribution in [2.75, 3.05) is 17.3 Å². The molecule has 0 saturated heterocycles. The number of alkyl halides is 3. The predicted octanol–water partition coefficient (Wildman–Crippen LogP) is 1.22.